The van der Waals surface area contributed by atoms with Crippen LogP contribution in [0.15, 0.2) is 34.6 Å². The summed E-state index contributed by atoms with van der Waals surface area (Å²) in [6.07, 6.45) is 50.2. The van der Waals surface area contributed by atoms with Crippen LogP contribution in [0.5, 0.6) is 0 Å². The summed E-state index contributed by atoms with van der Waals surface area (Å²) in [6.45, 7) is 7.65. The second-order valence-electron chi connectivity index (χ2n) is 14.4. The molecule has 276 valence electrons. The van der Waals surface area contributed by atoms with Crippen molar-refractivity contribution in [1.82, 2.24) is 0 Å². The number of likely N-dealkylation sites (N-methyl/N-ethyl adjacent to an activating group) is 1. The minimum Gasteiger partial charge on any atom is -0.390 e. The molecule has 0 aromatic heterocycles. The zero-order valence-corrected chi connectivity index (χ0v) is 32.2. The molecule has 47 heavy (non-hydrogen) atoms. The van der Waals surface area contributed by atoms with Gasteiger partial charge in [-0.05, 0) is 77.0 Å². The molecule has 0 N–H and O–H groups in total. The summed E-state index contributed by atoms with van der Waals surface area (Å²) in [5.74, 6) is 0. The highest BCUT2D eigenvalue weighted by atomic mass is 16.6. The Balaban J connectivity index is 3.43. The average Bonchev–Trinajstić information content (AvgIpc) is 3.06. The molecule has 0 heterocycles. The van der Waals surface area contributed by atoms with Gasteiger partial charge >= 0.3 is 0 Å². The number of hydrogen-bond acceptors (Lipinski definition) is 4. The Bertz CT molecular complexity index is 659. The van der Waals surface area contributed by atoms with Gasteiger partial charge < -0.3 is 14.2 Å². The Morgan fingerprint density at radius 2 is 0.660 bits per heavy atom. The van der Waals surface area contributed by atoms with Gasteiger partial charge in [0.15, 0.2) is 13.2 Å². The topological polar surface area (TPSA) is 43.2 Å². The molecule has 0 saturated carbocycles. The van der Waals surface area contributed by atoms with Crippen LogP contribution in [-0.2, 0) is 9.68 Å². The molecule has 0 aliphatic heterocycles. The van der Waals surface area contributed by atoms with Crippen LogP contribution in [0.2, 0.25) is 0 Å². The van der Waals surface area contributed by atoms with E-state index in [0.717, 1.165) is 30.4 Å². The standard InChI is InChI=1S/C42H82N3O2/c1-5-7-9-11-13-15-17-19-21-23-25-27-29-31-33-35-37-43-46-41-39-45(3,4)40-42-47-44-38-36-34-32-30-28-26-24-22-20-18-16-14-12-10-8-6-2/h19-22,37-38H,5-18,23-36,39-42H2,1-4H3/q+1/b21-19+,22-20+,43-37-,44-38-. The quantitative estimate of drug-likeness (QED) is 0.0217. The van der Waals surface area contributed by atoms with Crippen molar-refractivity contribution in [3.05, 3.63) is 24.3 Å². The van der Waals surface area contributed by atoms with Gasteiger partial charge in [-0.25, -0.2) is 0 Å². The molecule has 0 radical (unpaired) electrons. The van der Waals surface area contributed by atoms with Crippen molar-refractivity contribution >= 4 is 12.4 Å². The molecule has 0 aliphatic carbocycles. The van der Waals surface area contributed by atoms with Gasteiger partial charge in [0.25, 0.3) is 0 Å². The second-order valence-corrected chi connectivity index (χ2v) is 14.4. The Labute approximate surface area is 294 Å². The highest BCUT2D eigenvalue weighted by Crippen LogP contribution is 2.11. The van der Waals surface area contributed by atoms with Gasteiger partial charge in [0, 0.05) is 12.4 Å². The van der Waals surface area contributed by atoms with Crippen LogP contribution in [0, 0.1) is 0 Å². The summed E-state index contributed by atoms with van der Waals surface area (Å²) < 4.78 is 0.841. The van der Waals surface area contributed by atoms with E-state index < -0.39 is 0 Å². The lowest BCUT2D eigenvalue weighted by molar-refractivity contribution is -0.891. The van der Waals surface area contributed by atoms with E-state index in [9.17, 15) is 0 Å². The van der Waals surface area contributed by atoms with Gasteiger partial charge in [0.2, 0.25) is 0 Å². The van der Waals surface area contributed by atoms with Crippen LogP contribution in [0.4, 0.5) is 0 Å². The SMILES string of the molecule is CCCCCCCC/C=C/CCCCCCC/C=N\OCC[N+](C)(C)CCO/N=C\CCCCCCC/C=C/CCCCCCCC. The number of allylic oxidation sites excluding steroid dienone is 4. The lowest BCUT2D eigenvalue weighted by atomic mass is 10.1. The van der Waals surface area contributed by atoms with Crippen molar-refractivity contribution in [3.63, 3.8) is 0 Å². The van der Waals surface area contributed by atoms with Crippen molar-refractivity contribution < 1.29 is 14.2 Å². The largest absolute Gasteiger partial charge is 0.390 e. The highest BCUT2D eigenvalue weighted by molar-refractivity contribution is 5.56. The highest BCUT2D eigenvalue weighted by Gasteiger charge is 2.14. The lowest BCUT2D eigenvalue weighted by Crippen LogP contribution is -2.44. The van der Waals surface area contributed by atoms with Gasteiger partial charge in [-0.2, -0.15) is 0 Å². The van der Waals surface area contributed by atoms with Crippen molar-refractivity contribution in [2.45, 2.75) is 194 Å². The first kappa shape index (κ1) is 45.4. The predicted molar refractivity (Wildman–Crippen MR) is 210 cm³/mol. The van der Waals surface area contributed by atoms with Crippen molar-refractivity contribution in [2.24, 2.45) is 10.3 Å². The molecule has 0 fully saturated rings. The predicted octanol–water partition coefficient (Wildman–Crippen LogP) is 13.1. The summed E-state index contributed by atoms with van der Waals surface area (Å²) in [6, 6.07) is 0. The normalized spacial score (nSPS) is 12.5. The minimum atomic E-state index is 0.634. The fraction of sp³-hybridized carbons (Fsp3) is 0.857. The first-order valence-electron chi connectivity index (χ1n) is 20.5. The number of rotatable bonds is 38. The maximum Gasteiger partial charge on any atom is 0.165 e. The summed E-state index contributed by atoms with van der Waals surface area (Å²) in [5.41, 5.74) is 0. The van der Waals surface area contributed by atoms with Gasteiger partial charge in [0.05, 0.1) is 14.1 Å². The van der Waals surface area contributed by atoms with E-state index >= 15 is 0 Å². The Morgan fingerprint density at radius 3 is 0.979 bits per heavy atom. The molecule has 0 atom stereocenters. The lowest BCUT2D eigenvalue weighted by Gasteiger charge is -2.28. The van der Waals surface area contributed by atoms with Crippen molar-refractivity contribution in [3.8, 4) is 0 Å². The molecule has 0 aliphatic rings. The third-order valence-electron chi connectivity index (χ3n) is 9.06. The Kier molecular flexibility index (Phi) is 37.5. The number of quaternary nitrogens is 1. The first-order valence-corrected chi connectivity index (χ1v) is 20.5. The molecule has 5 heteroatoms. The molecular weight excluding hydrogens is 578 g/mol. The molecule has 0 aromatic carbocycles. The van der Waals surface area contributed by atoms with Gasteiger partial charge in [-0.1, -0.05) is 151 Å². The molecule has 0 bridgehead atoms. The molecule has 0 saturated heterocycles. The van der Waals surface area contributed by atoms with E-state index in [1.54, 1.807) is 0 Å². The smallest absolute Gasteiger partial charge is 0.165 e. The van der Waals surface area contributed by atoms with E-state index in [2.05, 4.69) is 62.6 Å². The molecule has 5 nitrogen and oxygen atoms in total. The molecule has 0 unspecified atom stereocenters. The fourth-order valence-electron chi connectivity index (χ4n) is 5.62. The fourth-order valence-corrected chi connectivity index (χ4v) is 5.62. The number of oxime groups is 2. The molecule has 0 spiro atoms. The molecule has 0 rings (SSSR count). The summed E-state index contributed by atoms with van der Waals surface area (Å²) in [4.78, 5) is 11.0. The van der Waals surface area contributed by atoms with Crippen LogP contribution in [0.3, 0.4) is 0 Å². The summed E-state index contributed by atoms with van der Waals surface area (Å²) in [7, 11) is 4.41. The minimum absolute atomic E-state index is 0.634. The Hall–Kier alpha value is -1.62. The zero-order valence-electron chi connectivity index (χ0n) is 32.2. The van der Waals surface area contributed by atoms with E-state index in [1.165, 1.54) is 167 Å². The molecular formula is C42H82N3O2+. The van der Waals surface area contributed by atoms with E-state index in [4.69, 9.17) is 9.68 Å². The van der Waals surface area contributed by atoms with Gasteiger partial charge in [-0.15, -0.1) is 0 Å². The van der Waals surface area contributed by atoms with Crippen LogP contribution in [0.1, 0.15) is 194 Å². The van der Waals surface area contributed by atoms with E-state index in [1.807, 2.05) is 12.4 Å². The zero-order chi connectivity index (χ0) is 34.2. The van der Waals surface area contributed by atoms with Crippen LogP contribution < -0.4 is 0 Å². The Morgan fingerprint density at radius 1 is 0.383 bits per heavy atom. The second kappa shape index (κ2) is 38.8. The third kappa shape index (κ3) is 40.5. The van der Waals surface area contributed by atoms with E-state index in [-0.39, 0.29) is 0 Å². The van der Waals surface area contributed by atoms with Crippen LogP contribution >= 0.6 is 0 Å². The van der Waals surface area contributed by atoms with E-state index in [0.29, 0.717) is 13.2 Å². The number of nitrogens with zero attached hydrogens (tertiary/aromatic N) is 3. The van der Waals surface area contributed by atoms with Crippen LogP contribution in [0.25, 0.3) is 0 Å². The van der Waals surface area contributed by atoms with Crippen LogP contribution in [-0.4, -0.2) is 57.3 Å². The average molecular weight is 661 g/mol. The number of hydrogen-bond donors (Lipinski definition) is 0. The summed E-state index contributed by atoms with van der Waals surface area (Å²) in [5, 5.41) is 8.33. The maximum atomic E-state index is 5.51. The number of unbranched alkanes of at least 4 members (excludes halogenated alkanes) is 24. The maximum absolute atomic E-state index is 5.51. The third-order valence-corrected chi connectivity index (χ3v) is 9.06. The molecule has 0 aromatic rings. The van der Waals surface area contributed by atoms with Gasteiger partial charge in [-0.3, -0.25) is 0 Å². The van der Waals surface area contributed by atoms with Crippen molar-refractivity contribution in [1.29, 1.82) is 0 Å². The molecule has 0 amide bonds. The monoisotopic (exact) mass is 661 g/mol. The first-order chi connectivity index (χ1) is 23.1. The van der Waals surface area contributed by atoms with Gasteiger partial charge in [0.1, 0.15) is 13.1 Å². The van der Waals surface area contributed by atoms with Crippen molar-refractivity contribution in [2.75, 3.05) is 40.4 Å². The summed E-state index contributed by atoms with van der Waals surface area (Å²) >= 11 is 0.